The SMILES string of the molecule is Cc1cnc(Nc2ccc(N3CCOCC3)cc2)cc1C. The summed E-state index contributed by atoms with van der Waals surface area (Å²) < 4.78 is 5.38. The number of aryl methyl sites for hydroxylation is 2. The third kappa shape index (κ3) is 3.34. The fraction of sp³-hybridized carbons (Fsp3) is 0.353. The van der Waals surface area contributed by atoms with Crippen LogP contribution in [0.15, 0.2) is 36.5 Å². The van der Waals surface area contributed by atoms with Gasteiger partial charge in [0, 0.05) is 30.7 Å². The van der Waals surface area contributed by atoms with E-state index < -0.39 is 0 Å². The minimum Gasteiger partial charge on any atom is -0.378 e. The Hall–Kier alpha value is -2.07. The molecule has 3 rings (SSSR count). The summed E-state index contributed by atoms with van der Waals surface area (Å²) in [6.07, 6.45) is 1.90. The summed E-state index contributed by atoms with van der Waals surface area (Å²) in [6.45, 7) is 7.73. The number of pyridine rings is 1. The van der Waals surface area contributed by atoms with Crippen molar-refractivity contribution >= 4 is 17.2 Å². The van der Waals surface area contributed by atoms with Crippen molar-refractivity contribution in [3.8, 4) is 0 Å². The Bertz CT molecular complexity index is 604. The van der Waals surface area contributed by atoms with Crippen LogP contribution in [-0.2, 0) is 4.74 Å². The van der Waals surface area contributed by atoms with Crippen LogP contribution in [-0.4, -0.2) is 31.3 Å². The summed E-state index contributed by atoms with van der Waals surface area (Å²) in [4.78, 5) is 6.76. The maximum absolute atomic E-state index is 5.38. The van der Waals surface area contributed by atoms with E-state index in [9.17, 15) is 0 Å². The van der Waals surface area contributed by atoms with Gasteiger partial charge in [0.25, 0.3) is 0 Å². The molecule has 1 N–H and O–H groups in total. The molecule has 0 spiro atoms. The summed E-state index contributed by atoms with van der Waals surface area (Å²) >= 11 is 0. The second-order valence-electron chi connectivity index (χ2n) is 5.43. The topological polar surface area (TPSA) is 37.4 Å². The fourth-order valence-corrected chi connectivity index (χ4v) is 2.42. The molecule has 0 atom stereocenters. The predicted octanol–water partition coefficient (Wildman–Crippen LogP) is 3.28. The van der Waals surface area contributed by atoms with Gasteiger partial charge in [-0.3, -0.25) is 0 Å². The highest BCUT2D eigenvalue weighted by atomic mass is 16.5. The van der Waals surface area contributed by atoms with Crippen molar-refractivity contribution in [2.75, 3.05) is 36.5 Å². The number of rotatable bonds is 3. The summed E-state index contributed by atoms with van der Waals surface area (Å²) in [6, 6.07) is 10.6. The molecule has 1 aromatic heterocycles. The minimum absolute atomic E-state index is 0.812. The Balaban J connectivity index is 1.70. The third-order valence-corrected chi connectivity index (χ3v) is 3.89. The van der Waals surface area contributed by atoms with Gasteiger partial charge in [0.15, 0.2) is 0 Å². The molecule has 0 bridgehead atoms. The molecule has 0 saturated carbocycles. The van der Waals surface area contributed by atoms with E-state index in [0.29, 0.717) is 0 Å². The number of benzene rings is 1. The first-order chi connectivity index (χ1) is 10.2. The molecule has 1 fully saturated rings. The minimum atomic E-state index is 0.812. The highest BCUT2D eigenvalue weighted by molar-refractivity contribution is 5.61. The van der Waals surface area contributed by atoms with E-state index in [1.54, 1.807) is 0 Å². The van der Waals surface area contributed by atoms with Crippen LogP contribution in [0.5, 0.6) is 0 Å². The maximum Gasteiger partial charge on any atom is 0.130 e. The van der Waals surface area contributed by atoms with E-state index in [2.05, 4.69) is 59.4 Å². The monoisotopic (exact) mass is 283 g/mol. The van der Waals surface area contributed by atoms with E-state index >= 15 is 0 Å². The van der Waals surface area contributed by atoms with Crippen LogP contribution in [0.25, 0.3) is 0 Å². The van der Waals surface area contributed by atoms with Crippen molar-refractivity contribution in [2.45, 2.75) is 13.8 Å². The van der Waals surface area contributed by atoms with Crippen LogP contribution in [0.2, 0.25) is 0 Å². The zero-order chi connectivity index (χ0) is 14.7. The number of aromatic nitrogens is 1. The lowest BCUT2D eigenvalue weighted by Crippen LogP contribution is -2.36. The standard InChI is InChI=1S/C17H21N3O/c1-13-11-17(18-12-14(13)2)19-15-3-5-16(6-4-15)20-7-9-21-10-8-20/h3-6,11-12H,7-10H2,1-2H3,(H,18,19). The molecule has 0 unspecified atom stereocenters. The largest absolute Gasteiger partial charge is 0.378 e. The van der Waals surface area contributed by atoms with Gasteiger partial charge < -0.3 is 15.0 Å². The van der Waals surface area contributed by atoms with Gasteiger partial charge in [0.2, 0.25) is 0 Å². The van der Waals surface area contributed by atoms with E-state index in [0.717, 1.165) is 37.8 Å². The summed E-state index contributed by atoms with van der Waals surface area (Å²) in [5.41, 5.74) is 4.76. The second-order valence-corrected chi connectivity index (χ2v) is 5.43. The molecule has 4 heteroatoms. The van der Waals surface area contributed by atoms with Crippen molar-refractivity contribution < 1.29 is 4.74 Å². The zero-order valence-corrected chi connectivity index (χ0v) is 12.6. The number of anilines is 3. The first-order valence-electron chi connectivity index (χ1n) is 7.35. The van der Waals surface area contributed by atoms with Gasteiger partial charge in [-0.1, -0.05) is 0 Å². The average molecular weight is 283 g/mol. The molecule has 0 radical (unpaired) electrons. The van der Waals surface area contributed by atoms with Crippen LogP contribution < -0.4 is 10.2 Å². The Kier molecular flexibility index (Phi) is 4.06. The molecule has 21 heavy (non-hydrogen) atoms. The number of nitrogens with one attached hydrogen (secondary N) is 1. The summed E-state index contributed by atoms with van der Waals surface area (Å²) in [5.74, 6) is 0.886. The number of ether oxygens (including phenoxy) is 1. The van der Waals surface area contributed by atoms with Gasteiger partial charge in [0.05, 0.1) is 13.2 Å². The predicted molar refractivity (Wildman–Crippen MR) is 86.5 cm³/mol. The molecule has 2 heterocycles. The first-order valence-corrected chi connectivity index (χ1v) is 7.35. The Morgan fingerprint density at radius 1 is 1.05 bits per heavy atom. The maximum atomic E-state index is 5.38. The van der Waals surface area contributed by atoms with E-state index in [1.807, 2.05) is 6.20 Å². The van der Waals surface area contributed by atoms with Crippen LogP contribution in [0.3, 0.4) is 0 Å². The van der Waals surface area contributed by atoms with Crippen LogP contribution in [0.4, 0.5) is 17.2 Å². The van der Waals surface area contributed by atoms with Gasteiger partial charge in [-0.2, -0.15) is 0 Å². The van der Waals surface area contributed by atoms with Gasteiger partial charge in [-0.15, -0.1) is 0 Å². The molecular formula is C17H21N3O. The number of morpholine rings is 1. The van der Waals surface area contributed by atoms with Gasteiger partial charge >= 0.3 is 0 Å². The Morgan fingerprint density at radius 2 is 1.76 bits per heavy atom. The van der Waals surface area contributed by atoms with Gasteiger partial charge in [0.1, 0.15) is 5.82 Å². The van der Waals surface area contributed by atoms with Crippen molar-refractivity contribution in [1.29, 1.82) is 0 Å². The first kappa shape index (κ1) is 13.9. The lowest BCUT2D eigenvalue weighted by Gasteiger charge is -2.28. The molecule has 0 amide bonds. The lowest BCUT2D eigenvalue weighted by atomic mass is 10.2. The molecular weight excluding hydrogens is 262 g/mol. The quantitative estimate of drug-likeness (QED) is 0.938. The lowest BCUT2D eigenvalue weighted by molar-refractivity contribution is 0.122. The highest BCUT2D eigenvalue weighted by Gasteiger charge is 2.10. The smallest absolute Gasteiger partial charge is 0.130 e. The molecule has 4 nitrogen and oxygen atoms in total. The molecule has 1 aliphatic heterocycles. The molecule has 1 aromatic carbocycles. The van der Waals surface area contributed by atoms with Crippen molar-refractivity contribution in [3.63, 3.8) is 0 Å². The van der Waals surface area contributed by atoms with Crippen LogP contribution in [0, 0.1) is 13.8 Å². The van der Waals surface area contributed by atoms with E-state index in [1.165, 1.54) is 16.8 Å². The summed E-state index contributed by atoms with van der Waals surface area (Å²) in [5, 5.41) is 3.35. The highest BCUT2D eigenvalue weighted by Crippen LogP contribution is 2.21. The van der Waals surface area contributed by atoms with E-state index in [4.69, 9.17) is 4.74 Å². The number of hydrogen-bond acceptors (Lipinski definition) is 4. The van der Waals surface area contributed by atoms with Gasteiger partial charge in [-0.05, 0) is 55.3 Å². The molecule has 2 aromatic rings. The van der Waals surface area contributed by atoms with Crippen molar-refractivity contribution in [1.82, 2.24) is 4.98 Å². The summed E-state index contributed by atoms with van der Waals surface area (Å²) in [7, 11) is 0. The van der Waals surface area contributed by atoms with Crippen molar-refractivity contribution in [2.24, 2.45) is 0 Å². The molecule has 110 valence electrons. The Morgan fingerprint density at radius 3 is 2.43 bits per heavy atom. The van der Waals surface area contributed by atoms with Crippen LogP contribution in [0.1, 0.15) is 11.1 Å². The fourth-order valence-electron chi connectivity index (χ4n) is 2.42. The average Bonchev–Trinajstić information content (AvgIpc) is 2.53. The molecule has 1 aliphatic rings. The zero-order valence-electron chi connectivity index (χ0n) is 12.6. The normalized spacial score (nSPS) is 15.0. The van der Waals surface area contributed by atoms with Gasteiger partial charge in [-0.25, -0.2) is 4.98 Å². The van der Waals surface area contributed by atoms with E-state index in [-0.39, 0.29) is 0 Å². The second kappa shape index (κ2) is 6.14. The van der Waals surface area contributed by atoms with Crippen LogP contribution >= 0.6 is 0 Å². The van der Waals surface area contributed by atoms with Crippen molar-refractivity contribution in [3.05, 3.63) is 47.7 Å². The molecule has 1 saturated heterocycles. The third-order valence-electron chi connectivity index (χ3n) is 3.89. The molecule has 0 aliphatic carbocycles. The number of nitrogens with zero attached hydrogens (tertiary/aromatic N) is 2. The number of hydrogen-bond donors (Lipinski definition) is 1. The Labute approximate surface area is 125 Å².